The molecule has 2 N–H and O–H groups in total. The Hall–Kier alpha value is -3.71. The number of ether oxygens (including phenoxy) is 1. The van der Waals surface area contributed by atoms with E-state index >= 15 is 0 Å². The Kier molecular flexibility index (Phi) is 10.2. The number of alkyl halides is 9. The molecular weight excluding hydrogens is 524 g/mol. The first kappa shape index (κ1) is 31.3. The molecule has 2 aromatic rings. The van der Waals surface area contributed by atoms with Crippen molar-refractivity contribution in [1.29, 1.82) is 0 Å². The van der Waals surface area contributed by atoms with Gasteiger partial charge in [-0.15, -0.1) is 0 Å². The summed E-state index contributed by atoms with van der Waals surface area (Å²) in [5, 5.41) is 5.10. The molecule has 4 nitrogen and oxygen atoms in total. The van der Waals surface area contributed by atoms with E-state index in [1.807, 2.05) is 7.05 Å². The molecule has 14 heteroatoms. The Morgan fingerprint density at radius 2 is 1.57 bits per heavy atom. The second-order valence-corrected chi connectivity index (χ2v) is 7.13. The van der Waals surface area contributed by atoms with E-state index in [1.165, 1.54) is 6.07 Å². The summed E-state index contributed by atoms with van der Waals surface area (Å²) in [4.78, 5) is 3.67. The topological polar surface area (TPSA) is 46.2 Å². The number of rotatable bonds is 8. The molecule has 37 heavy (non-hydrogen) atoms. The lowest BCUT2D eigenvalue weighted by atomic mass is 9.91. The summed E-state index contributed by atoms with van der Waals surface area (Å²) >= 11 is 0. The summed E-state index contributed by atoms with van der Waals surface area (Å²) in [7, 11) is 1.81. The smallest absolute Gasteiger partial charge is 0.433 e. The molecule has 1 aromatic heterocycles. The van der Waals surface area contributed by atoms with Crippen LogP contribution in [0.3, 0.4) is 0 Å². The Bertz CT molecular complexity index is 1110. The number of aromatic nitrogens is 1. The largest absolute Gasteiger partial charge is 0.435 e. The molecule has 2 rings (SSSR count). The van der Waals surface area contributed by atoms with E-state index in [2.05, 4.69) is 40.1 Å². The van der Waals surface area contributed by atoms with E-state index in [0.717, 1.165) is 19.2 Å². The van der Waals surface area contributed by atoms with Crippen molar-refractivity contribution in [3.05, 3.63) is 78.8 Å². The minimum Gasteiger partial charge on any atom is -0.433 e. The number of aryl methyl sites for hydroxylation is 1. The molecule has 0 radical (unpaired) electrons. The fourth-order valence-electron chi connectivity index (χ4n) is 2.78. The van der Waals surface area contributed by atoms with Gasteiger partial charge in [0.05, 0.1) is 11.4 Å². The van der Waals surface area contributed by atoms with E-state index < -0.39 is 53.0 Å². The van der Waals surface area contributed by atoms with Crippen LogP contribution in [0.5, 0.6) is 5.75 Å². The monoisotopic (exact) mass is 545 g/mol. The SMILES string of the molecule is C=C(Nc1c(C)cc(C(F)(C(F)(F)F)C(F)(F)F)cc1OC(F)F)c1ccnc(C(=C)F)c1.C=CNC. The van der Waals surface area contributed by atoms with Gasteiger partial charge in [-0.2, -0.15) is 35.1 Å². The molecular formula is C23H21F10N3O. The molecule has 0 spiro atoms. The molecule has 0 aliphatic carbocycles. The van der Waals surface area contributed by atoms with Gasteiger partial charge in [0.2, 0.25) is 0 Å². The Morgan fingerprint density at radius 3 is 2.00 bits per heavy atom. The maximum atomic E-state index is 14.4. The molecule has 0 aliphatic heterocycles. The van der Waals surface area contributed by atoms with Crippen LogP contribution in [0, 0.1) is 6.92 Å². The van der Waals surface area contributed by atoms with Gasteiger partial charge in [0.1, 0.15) is 11.6 Å². The number of nitrogens with one attached hydrogen (secondary N) is 2. The van der Waals surface area contributed by atoms with Crippen molar-refractivity contribution in [1.82, 2.24) is 10.3 Å². The molecule has 0 bridgehead atoms. The zero-order chi connectivity index (χ0) is 28.8. The zero-order valence-electron chi connectivity index (χ0n) is 19.3. The second kappa shape index (κ2) is 12.0. The molecule has 0 saturated heterocycles. The fraction of sp³-hybridized carbons (Fsp3) is 0.261. The van der Waals surface area contributed by atoms with Crippen LogP contribution < -0.4 is 15.4 Å². The summed E-state index contributed by atoms with van der Waals surface area (Å²) < 4.78 is 136. The third-order valence-electron chi connectivity index (χ3n) is 4.56. The molecule has 204 valence electrons. The van der Waals surface area contributed by atoms with Crippen LogP contribution in [0.15, 0.2) is 56.4 Å². The van der Waals surface area contributed by atoms with Gasteiger partial charge in [0, 0.05) is 30.1 Å². The number of halogens is 10. The highest BCUT2D eigenvalue weighted by atomic mass is 19.4. The molecule has 0 aliphatic rings. The Balaban J connectivity index is 0.00000159. The van der Waals surface area contributed by atoms with Gasteiger partial charge in [0.15, 0.2) is 0 Å². The van der Waals surface area contributed by atoms with E-state index in [4.69, 9.17) is 0 Å². The van der Waals surface area contributed by atoms with Crippen molar-refractivity contribution >= 4 is 17.2 Å². The Morgan fingerprint density at radius 1 is 1.03 bits per heavy atom. The minimum atomic E-state index is -6.46. The molecule has 0 saturated carbocycles. The number of pyridine rings is 1. The van der Waals surface area contributed by atoms with Crippen LogP contribution in [-0.4, -0.2) is 31.0 Å². The van der Waals surface area contributed by atoms with Crippen molar-refractivity contribution in [2.75, 3.05) is 12.4 Å². The molecule has 0 atom stereocenters. The van der Waals surface area contributed by atoms with Crippen molar-refractivity contribution < 1.29 is 48.6 Å². The molecule has 0 amide bonds. The van der Waals surface area contributed by atoms with Crippen molar-refractivity contribution in [3.63, 3.8) is 0 Å². The third-order valence-corrected chi connectivity index (χ3v) is 4.56. The first-order valence-electron chi connectivity index (χ1n) is 9.88. The van der Waals surface area contributed by atoms with Crippen LogP contribution in [-0.2, 0) is 5.67 Å². The van der Waals surface area contributed by atoms with Crippen LogP contribution in [0.4, 0.5) is 49.6 Å². The minimum absolute atomic E-state index is 0.121. The number of benzene rings is 1. The van der Waals surface area contributed by atoms with Gasteiger partial charge in [0.25, 0.3) is 0 Å². The quantitative estimate of drug-likeness (QED) is 0.335. The van der Waals surface area contributed by atoms with Gasteiger partial charge in [-0.05, 0) is 43.0 Å². The van der Waals surface area contributed by atoms with E-state index in [1.54, 1.807) is 6.20 Å². The number of hydrogen-bond acceptors (Lipinski definition) is 4. The molecule has 0 unspecified atom stereocenters. The molecule has 0 fully saturated rings. The Labute approximate surface area is 205 Å². The number of anilines is 1. The summed E-state index contributed by atoms with van der Waals surface area (Å²) in [5.74, 6) is -2.13. The lowest BCUT2D eigenvalue weighted by molar-refractivity contribution is -0.348. The van der Waals surface area contributed by atoms with Crippen molar-refractivity contribution in [2.24, 2.45) is 0 Å². The van der Waals surface area contributed by atoms with Crippen LogP contribution in [0.1, 0.15) is 22.4 Å². The lowest BCUT2D eigenvalue weighted by Crippen LogP contribution is -2.50. The van der Waals surface area contributed by atoms with Crippen LogP contribution >= 0.6 is 0 Å². The third kappa shape index (κ3) is 7.40. The van der Waals surface area contributed by atoms with Gasteiger partial charge < -0.3 is 15.4 Å². The normalized spacial score (nSPS) is 11.8. The predicted molar refractivity (Wildman–Crippen MR) is 119 cm³/mol. The second-order valence-electron chi connectivity index (χ2n) is 7.13. The van der Waals surface area contributed by atoms with Crippen LogP contribution in [0.2, 0.25) is 0 Å². The number of nitrogens with zero attached hydrogens (tertiary/aromatic N) is 1. The average molecular weight is 545 g/mol. The maximum Gasteiger partial charge on any atom is 0.435 e. The average Bonchev–Trinajstić information content (AvgIpc) is 2.78. The first-order valence-corrected chi connectivity index (χ1v) is 9.88. The zero-order valence-corrected chi connectivity index (χ0v) is 19.3. The highest BCUT2D eigenvalue weighted by Crippen LogP contribution is 2.54. The van der Waals surface area contributed by atoms with Crippen molar-refractivity contribution in [3.8, 4) is 5.75 Å². The van der Waals surface area contributed by atoms with Gasteiger partial charge >= 0.3 is 24.6 Å². The lowest BCUT2D eigenvalue weighted by Gasteiger charge is -2.31. The standard InChI is InChI=1S/C20H14F10N2O.C3H7N/c1-9-6-13(18(24,19(25,26)27)20(28,29)30)8-15(33-17(22)23)16(9)32-11(3)12-4-5-31-14(7-12)10(2)21;1-3-4-2/h4-8,17,32H,2-3H2,1H3;3-4H,1H2,2H3. The first-order chi connectivity index (χ1) is 16.9. The van der Waals surface area contributed by atoms with Crippen molar-refractivity contribution in [2.45, 2.75) is 31.6 Å². The van der Waals surface area contributed by atoms with E-state index in [9.17, 15) is 43.9 Å². The predicted octanol–water partition coefficient (Wildman–Crippen LogP) is 7.65. The van der Waals surface area contributed by atoms with E-state index in [0.29, 0.717) is 0 Å². The van der Waals surface area contributed by atoms with Gasteiger partial charge in [-0.1, -0.05) is 19.7 Å². The highest BCUT2D eigenvalue weighted by molar-refractivity contribution is 5.80. The fourth-order valence-corrected chi connectivity index (χ4v) is 2.78. The summed E-state index contributed by atoms with van der Waals surface area (Å²) in [6, 6.07) is 2.49. The maximum absolute atomic E-state index is 14.4. The van der Waals surface area contributed by atoms with Gasteiger partial charge in [-0.25, -0.2) is 8.78 Å². The van der Waals surface area contributed by atoms with Gasteiger partial charge in [-0.3, -0.25) is 4.98 Å². The summed E-state index contributed by atoms with van der Waals surface area (Å²) in [5.41, 5.74) is -9.14. The van der Waals surface area contributed by atoms with E-state index in [-0.39, 0.29) is 29.1 Å². The highest BCUT2D eigenvalue weighted by Gasteiger charge is 2.73. The number of hydrogen-bond donors (Lipinski definition) is 2. The summed E-state index contributed by atoms with van der Waals surface area (Å²) in [6.07, 6.45) is -10.2. The van der Waals surface area contributed by atoms with Crippen LogP contribution in [0.25, 0.3) is 11.5 Å². The molecule has 1 heterocycles. The summed E-state index contributed by atoms with van der Waals surface area (Å²) in [6.45, 7) is 7.23. The molecule has 1 aromatic carbocycles.